The SMILES string of the molecule is CCNC(=O)N1CCC(NC(=O)Cn2c(CCCC(F)(F)F)nc(-c3ccc(Cl)cc3)cc2=O)CC1. The maximum absolute atomic E-state index is 12.9. The maximum atomic E-state index is 12.9. The van der Waals surface area contributed by atoms with Crippen molar-refractivity contribution in [2.24, 2.45) is 0 Å². The second-order valence-corrected chi connectivity index (χ2v) is 9.06. The number of halogens is 4. The lowest BCUT2D eigenvalue weighted by atomic mass is 10.1. The van der Waals surface area contributed by atoms with E-state index in [1.807, 2.05) is 6.92 Å². The molecule has 2 heterocycles. The minimum Gasteiger partial charge on any atom is -0.352 e. The van der Waals surface area contributed by atoms with E-state index in [4.69, 9.17) is 11.6 Å². The summed E-state index contributed by atoms with van der Waals surface area (Å²) in [6.07, 6.45) is -4.62. The van der Waals surface area contributed by atoms with Gasteiger partial charge >= 0.3 is 12.2 Å². The topological polar surface area (TPSA) is 96.3 Å². The van der Waals surface area contributed by atoms with E-state index in [0.717, 1.165) is 4.57 Å². The number of hydrogen-bond donors (Lipinski definition) is 2. The lowest BCUT2D eigenvalue weighted by Gasteiger charge is -2.32. The molecule has 12 heteroatoms. The molecule has 1 aliphatic heterocycles. The largest absolute Gasteiger partial charge is 0.389 e. The Morgan fingerprint density at radius 3 is 2.44 bits per heavy atom. The first-order valence-electron chi connectivity index (χ1n) is 11.8. The number of amides is 3. The Hall–Kier alpha value is -3.08. The number of nitrogens with one attached hydrogen (secondary N) is 2. The van der Waals surface area contributed by atoms with Crippen molar-refractivity contribution >= 4 is 23.5 Å². The Labute approximate surface area is 211 Å². The van der Waals surface area contributed by atoms with E-state index in [9.17, 15) is 27.6 Å². The van der Waals surface area contributed by atoms with Gasteiger partial charge in [-0.1, -0.05) is 23.7 Å². The summed E-state index contributed by atoms with van der Waals surface area (Å²) >= 11 is 5.91. The molecule has 8 nitrogen and oxygen atoms in total. The van der Waals surface area contributed by atoms with E-state index in [1.54, 1.807) is 29.2 Å². The highest BCUT2D eigenvalue weighted by molar-refractivity contribution is 6.30. The quantitative estimate of drug-likeness (QED) is 0.546. The molecule has 0 spiro atoms. The van der Waals surface area contributed by atoms with Crippen molar-refractivity contribution in [2.75, 3.05) is 19.6 Å². The number of piperidine rings is 1. The van der Waals surface area contributed by atoms with E-state index in [-0.39, 0.29) is 37.3 Å². The summed E-state index contributed by atoms with van der Waals surface area (Å²) in [6.45, 7) is 2.97. The van der Waals surface area contributed by atoms with E-state index in [2.05, 4.69) is 15.6 Å². The van der Waals surface area contributed by atoms with Crippen LogP contribution >= 0.6 is 11.6 Å². The van der Waals surface area contributed by atoms with Crippen molar-refractivity contribution in [3.63, 3.8) is 0 Å². The fourth-order valence-electron chi connectivity index (χ4n) is 4.04. The van der Waals surface area contributed by atoms with Gasteiger partial charge in [-0.2, -0.15) is 13.2 Å². The van der Waals surface area contributed by atoms with Gasteiger partial charge in [0.05, 0.1) is 5.69 Å². The number of alkyl halides is 3. The van der Waals surface area contributed by atoms with Gasteiger partial charge < -0.3 is 15.5 Å². The summed E-state index contributed by atoms with van der Waals surface area (Å²) in [6, 6.07) is 7.50. The molecule has 1 saturated heterocycles. The van der Waals surface area contributed by atoms with E-state index < -0.39 is 24.1 Å². The van der Waals surface area contributed by atoms with Crippen molar-refractivity contribution < 1.29 is 22.8 Å². The van der Waals surface area contributed by atoms with Crippen LogP contribution in [0, 0.1) is 0 Å². The van der Waals surface area contributed by atoms with Crippen LogP contribution in [0.5, 0.6) is 0 Å². The van der Waals surface area contributed by atoms with Crippen molar-refractivity contribution in [3.05, 3.63) is 51.5 Å². The molecule has 0 saturated carbocycles. The van der Waals surface area contributed by atoms with E-state index in [1.165, 1.54) is 6.07 Å². The van der Waals surface area contributed by atoms with Crippen LogP contribution in [0.25, 0.3) is 11.3 Å². The summed E-state index contributed by atoms with van der Waals surface area (Å²) in [5, 5.41) is 6.10. The number of aryl methyl sites for hydroxylation is 1. The van der Waals surface area contributed by atoms with Crippen molar-refractivity contribution in [1.82, 2.24) is 25.1 Å². The Morgan fingerprint density at radius 2 is 1.83 bits per heavy atom. The Balaban J connectivity index is 1.72. The first kappa shape index (κ1) is 27.5. The monoisotopic (exact) mass is 527 g/mol. The van der Waals surface area contributed by atoms with Gasteiger partial charge in [-0.25, -0.2) is 9.78 Å². The average Bonchev–Trinajstić information content (AvgIpc) is 2.81. The lowest BCUT2D eigenvalue weighted by Crippen LogP contribution is -2.50. The number of carbonyl (C=O) groups is 2. The van der Waals surface area contributed by atoms with Gasteiger partial charge in [0, 0.05) is 55.2 Å². The van der Waals surface area contributed by atoms with Crippen molar-refractivity contribution in [2.45, 2.75) is 57.8 Å². The lowest BCUT2D eigenvalue weighted by molar-refractivity contribution is -0.135. The summed E-state index contributed by atoms with van der Waals surface area (Å²) in [4.78, 5) is 43.7. The molecule has 36 heavy (non-hydrogen) atoms. The van der Waals surface area contributed by atoms with Gasteiger partial charge in [0.25, 0.3) is 5.56 Å². The third-order valence-corrected chi connectivity index (χ3v) is 6.12. The Kier molecular flexibility index (Phi) is 9.36. The smallest absolute Gasteiger partial charge is 0.352 e. The average molecular weight is 528 g/mol. The molecule has 1 aromatic carbocycles. The maximum Gasteiger partial charge on any atom is 0.389 e. The first-order valence-corrected chi connectivity index (χ1v) is 12.2. The van der Waals surface area contributed by atoms with Gasteiger partial charge in [0.15, 0.2) is 0 Å². The highest BCUT2D eigenvalue weighted by atomic mass is 35.5. The molecule has 0 radical (unpaired) electrons. The number of rotatable bonds is 8. The zero-order valence-corrected chi connectivity index (χ0v) is 20.7. The molecule has 2 aromatic rings. The van der Waals surface area contributed by atoms with Crippen LogP contribution in [0.4, 0.5) is 18.0 Å². The first-order chi connectivity index (χ1) is 17.1. The fraction of sp³-hybridized carbons (Fsp3) is 0.500. The van der Waals surface area contributed by atoms with Crippen molar-refractivity contribution in [3.8, 4) is 11.3 Å². The molecule has 0 aliphatic carbocycles. The number of benzene rings is 1. The molecule has 1 fully saturated rings. The highest BCUT2D eigenvalue weighted by Gasteiger charge is 2.27. The van der Waals surface area contributed by atoms with Crippen LogP contribution in [-0.4, -0.2) is 58.2 Å². The van der Waals surface area contributed by atoms with Crippen LogP contribution in [0.2, 0.25) is 5.02 Å². The standard InChI is InChI=1S/C24H29ClF3N5O3/c1-2-29-23(36)32-12-9-18(10-13-32)30-21(34)15-33-20(4-3-11-24(26,27)28)31-19(14-22(33)35)16-5-7-17(25)8-6-16/h5-8,14,18H,2-4,9-13,15H2,1H3,(H,29,36)(H,30,34). The third kappa shape index (κ3) is 7.97. The molecule has 0 bridgehead atoms. The minimum atomic E-state index is -4.33. The molecule has 0 atom stereocenters. The summed E-state index contributed by atoms with van der Waals surface area (Å²) in [5.74, 6) is -0.329. The number of hydrogen-bond acceptors (Lipinski definition) is 4. The van der Waals surface area contributed by atoms with Crippen LogP contribution in [0.1, 0.15) is 38.4 Å². The second-order valence-electron chi connectivity index (χ2n) is 8.62. The Bertz CT molecular complexity index is 1110. The zero-order valence-electron chi connectivity index (χ0n) is 19.9. The molecule has 0 unspecified atom stereocenters. The summed E-state index contributed by atoms with van der Waals surface area (Å²) in [7, 11) is 0. The van der Waals surface area contributed by atoms with Crippen LogP contribution in [0.3, 0.4) is 0 Å². The van der Waals surface area contributed by atoms with Crippen LogP contribution in [-0.2, 0) is 17.8 Å². The minimum absolute atomic E-state index is 0.109. The number of likely N-dealkylation sites (tertiary alicyclic amines) is 1. The molecular formula is C24H29ClF3N5O3. The summed E-state index contributed by atoms with van der Waals surface area (Å²) in [5.41, 5.74) is 0.357. The van der Waals surface area contributed by atoms with Gasteiger partial charge in [-0.05, 0) is 38.3 Å². The Morgan fingerprint density at radius 1 is 1.17 bits per heavy atom. The van der Waals surface area contributed by atoms with Gasteiger partial charge in [-0.15, -0.1) is 0 Å². The normalized spacial score (nSPS) is 14.5. The number of carbonyl (C=O) groups excluding carboxylic acids is 2. The zero-order chi connectivity index (χ0) is 26.3. The van der Waals surface area contributed by atoms with Crippen LogP contribution in [0.15, 0.2) is 35.1 Å². The highest BCUT2D eigenvalue weighted by Crippen LogP contribution is 2.23. The van der Waals surface area contributed by atoms with E-state index in [0.29, 0.717) is 48.8 Å². The molecule has 3 amide bonds. The number of aromatic nitrogens is 2. The van der Waals surface area contributed by atoms with Crippen LogP contribution < -0.4 is 16.2 Å². The molecule has 2 N–H and O–H groups in total. The molecule has 1 aliphatic rings. The van der Waals surface area contributed by atoms with E-state index >= 15 is 0 Å². The molecule has 1 aromatic heterocycles. The molecule has 3 rings (SSSR count). The number of urea groups is 1. The van der Waals surface area contributed by atoms with Crippen molar-refractivity contribution in [1.29, 1.82) is 0 Å². The van der Waals surface area contributed by atoms with Gasteiger partial charge in [0.2, 0.25) is 5.91 Å². The number of nitrogens with zero attached hydrogens (tertiary/aromatic N) is 3. The summed E-state index contributed by atoms with van der Waals surface area (Å²) < 4.78 is 39.3. The second kappa shape index (κ2) is 12.2. The predicted octanol–water partition coefficient (Wildman–Crippen LogP) is 3.76. The molecular weight excluding hydrogens is 499 g/mol. The fourth-order valence-corrected chi connectivity index (χ4v) is 4.16. The molecule has 196 valence electrons. The predicted molar refractivity (Wildman–Crippen MR) is 130 cm³/mol. The van der Waals surface area contributed by atoms with Gasteiger partial charge in [0.1, 0.15) is 12.4 Å². The third-order valence-electron chi connectivity index (χ3n) is 5.86. The van der Waals surface area contributed by atoms with Gasteiger partial charge in [-0.3, -0.25) is 14.2 Å².